The topological polar surface area (TPSA) is 35.8 Å². The summed E-state index contributed by atoms with van der Waals surface area (Å²) >= 11 is 0. The van der Waals surface area contributed by atoms with Crippen LogP contribution in [0.4, 0.5) is 0 Å². The Morgan fingerprint density at radius 2 is 2.50 bits per heavy atom. The third kappa shape index (κ3) is 1.20. The van der Waals surface area contributed by atoms with E-state index < -0.39 is 0 Å². The molecular formula is C6H13N2. The van der Waals surface area contributed by atoms with Crippen molar-refractivity contribution in [1.29, 1.82) is 0 Å². The number of hydrogen-bond acceptors (Lipinski definition) is 1. The summed E-state index contributed by atoms with van der Waals surface area (Å²) in [6.07, 6.45) is 2.46. The minimum Gasteiger partial charge on any atom is -0.312 e. The van der Waals surface area contributed by atoms with Gasteiger partial charge >= 0.3 is 0 Å². The lowest BCUT2D eigenvalue weighted by atomic mass is 10.1. The average molecular weight is 113 g/mol. The Labute approximate surface area is 50.4 Å². The molecule has 1 unspecified atom stereocenters. The van der Waals surface area contributed by atoms with Crippen molar-refractivity contribution in [3.05, 3.63) is 0 Å². The molecule has 1 heterocycles. The van der Waals surface area contributed by atoms with E-state index in [0.717, 1.165) is 6.54 Å². The number of nitrogens with one attached hydrogen (secondary N) is 2. The van der Waals surface area contributed by atoms with Gasteiger partial charge in [0.2, 0.25) is 0 Å². The van der Waals surface area contributed by atoms with E-state index in [1.807, 2.05) is 6.92 Å². The lowest BCUT2D eigenvalue weighted by Gasteiger charge is -2.11. The van der Waals surface area contributed by atoms with Crippen molar-refractivity contribution in [2.75, 3.05) is 6.54 Å². The Hall–Kier alpha value is -0.0800. The lowest BCUT2D eigenvalue weighted by molar-refractivity contribution is 0.502. The smallest absolute Gasteiger partial charge is 0.0338 e. The van der Waals surface area contributed by atoms with Gasteiger partial charge in [0, 0.05) is 12.1 Å². The predicted octanol–water partition coefficient (Wildman–Crippen LogP) is 0.410. The third-order valence-electron chi connectivity index (χ3n) is 1.70. The van der Waals surface area contributed by atoms with E-state index in [4.69, 9.17) is 5.73 Å². The first-order chi connectivity index (χ1) is 3.80. The highest BCUT2D eigenvalue weighted by Gasteiger charge is 2.17. The van der Waals surface area contributed by atoms with Crippen LogP contribution in [0.5, 0.6) is 0 Å². The molecular weight excluding hydrogens is 100 g/mol. The highest BCUT2D eigenvalue weighted by molar-refractivity contribution is 4.80. The van der Waals surface area contributed by atoms with Gasteiger partial charge in [0.1, 0.15) is 0 Å². The predicted molar refractivity (Wildman–Crippen MR) is 33.6 cm³/mol. The summed E-state index contributed by atoms with van der Waals surface area (Å²) in [6.45, 7) is 3.07. The summed E-state index contributed by atoms with van der Waals surface area (Å²) < 4.78 is 0. The van der Waals surface area contributed by atoms with Crippen LogP contribution >= 0.6 is 0 Å². The maximum Gasteiger partial charge on any atom is 0.0338 e. The maximum absolute atomic E-state index is 7.31. The van der Waals surface area contributed by atoms with Gasteiger partial charge in [0.15, 0.2) is 0 Å². The molecule has 1 aliphatic heterocycles. The van der Waals surface area contributed by atoms with Crippen LogP contribution in [0, 0.1) is 0 Å². The van der Waals surface area contributed by atoms with Gasteiger partial charge in [0.25, 0.3) is 0 Å². The number of rotatable bonds is 1. The zero-order valence-corrected chi connectivity index (χ0v) is 5.28. The molecule has 0 saturated carbocycles. The Balaban J connectivity index is 2.24. The fourth-order valence-corrected chi connectivity index (χ4v) is 1.14. The van der Waals surface area contributed by atoms with Crippen LogP contribution in [-0.2, 0) is 0 Å². The van der Waals surface area contributed by atoms with Crippen LogP contribution < -0.4 is 11.1 Å². The fraction of sp³-hybridized carbons (Fsp3) is 1.00. The van der Waals surface area contributed by atoms with E-state index >= 15 is 0 Å². The van der Waals surface area contributed by atoms with Crippen LogP contribution in [0.1, 0.15) is 19.8 Å². The summed E-state index contributed by atoms with van der Waals surface area (Å²) in [5.41, 5.74) is 7.31. The lowest BCUT2D eigenvalue weighted by Crippen LogP contribution is -2.33. The summed E-state index contributed by atoms with van der Waals surface area (Å²) in [4.78, 5) is 0. The van der Waals surface area contributed by atoms with Crippen molar-refractivity contribution in [1.82, 2.24) is 11.1 Å². The Kier molecular flexibility index (Phi) is 1.86. The van der Waals surface area contributed by atoms with E-state index in [0.29, 0.717) is 6.04 Å². The first-order valence-corrected chi connectivity index (χ1v) is 3.25. The van der Waals surface area contributed by atoms with Crippen molar-refractivity contribution in [3.8, 4) is 0 Å². The molecule has 1 fully saturated rings. The molecule has 47 valence electrons. The zero-order valence-electron chi connectivity index (χ0n) is 5.28. The van der Waals surface area contributed by atoms with E-state index in [-0.39, 0.29) is 6.04 Å². The molecule has 8 heavy (non-hydrogen) atoms. The van der Waals surface area contributed by atoms with Crippen LogP contribution in [0.3, 0.4) is 0 Å². The molecule has 1 radical (unpaired) electrons. The van der Waals surface area contributed by atoms with Crippen LogP contribution in [0.25, 0.3) is 0 Å². The van der Waals surface area contributed by atoms with Gasteiger partial charge in [-0.15, -0.1) is 0 Å². The Morgan fingerprint density at radius 3 is 2.75 bits per heavy atom. The molecule has 0 aromatic heterocycles. The first kappa shape index (κ1) is 6.05. The largest absolute Gasteiger partial charge is 0.312 e. The van der Waals surface area contributed by atoms with E-state index in [1.54, 1.807) is 0 Å². The van der Waals surface area contributed by atoms with Gasteiger partial charge in [0.05, 0.1) is 0 Å². The molecule has 1 saturated heterocycles. The minimum atomic E-state index is 0.0810. The van der Waals surface area contributed by atoms with Crippen molar-refractivity contribution >= 4 is 0 Å². The monoisotopic (exact) mass is 113 g/mol. The summed E-state index contributed by atoms with van der Waals surface area (Å²) in [5, 5.41) is 3.27. The van der Waals surface area contributed by atoms with Crippen LogP contribution in [0.15, 0.2) is 0 Å². The summed E-state index contributed by atoms with van der Waals surface area (Å²) in [7, 11) is 0. The van der Waals surface area contributed by atoms with Crippen molar-refractivity contribution in [3.63, 3.8) is 0 Å². The summed E-state index contributed by atoms with van der Waals surface area (Å²) in [6, 6.07) is 0.562. The second-order valence-electron chi connectivity index (χ2n) is 2.49. The maximum atomic E-state index is 7.31. The molecule has 0 amide bonds. The minimum absolute atomic E-state index is 0.0810. The molecule has 0 bridgehead atoms. The summed E-state index contributed by atoms with van der Waals surface area (Å²) in [5.74, 6) is 0. The van der Waals surface area contributed by atoms with Crippen molar-refractivity contribution < 1.29 is 0 Å². The molecule has 1 rings (SSSR count). The second-order valence-corrected chi connectivity index (χ2v) is 2.49. The van der Waals surface area contributed by atoms with Gasteiger partial charge in [-0.05, 0) is 26.3 Å². The van der Waals surface area contributed by atoms with Gasteiger partial charge in [-0.3, -0.25) is 5.73 Å². The van der Waals surface area contributed by atoms with Crippen LogP contribution in [0.2, 0.25) is 0 Å². The zero-order chi connectivity index (χ0) is 5.98. The number of hydrogen-bond donors (Lipinski definition) is 1. The van der Waals surface area contributed by atoms with Crippen LogP contribution in [-0.4, -0.2) is 18.6 Å². The highest BCUT2D eigenvalue weighted by atomic mass is 15.0. The van der Waals surface area contributed by atoms with Crippen molar-refractivity contribution in [2.45, 2.75) is 31.8 Å². The molecule has 2 N–H and O–H groups in total. The molecule has 0 aliphatic carbocycles. The normalized spacial score (nSPS) is 33.0. The molecule has 1 aliphatic rings. The average Bonchev–Trinajstić information content (AvgIpc) is 2.12. The molecule has 2 nitrogen and oxygen atoms in total. The van der Waals surface area contributed by atoms with Gasteiger partial charge < -0.3 is 5.32 Å². The highest BCUT2D eigenvalue weighted by Crippen LogP contribution is 2.07. The third-order valence-corrected chi connectivity index (χ3v) is 1.70. The Bertz CT molecular complexity index is 64.9. The fourth-order valence-electron chi connectivity index (χ4n) is 1.14. The van der Waals surface area contributed by atoms with E-state index in [2.05, 4.69) is 5.32 Å². The van der Waals surface area contributed by atoms with E-state index in [1.165, 1.54) is 12.8 Å². The quantitative estimate of drug-likeness (QED) is 0.525. The Morgan fingerprint density at radius 1 is 1.75 bits per heavy atom. The molecule has 2 atom stereocenters. The van der Waals surface area contributed by atoms with Gasteiger partial charge in [-0.1, -0.05) is 0 Å². The van der Waals surface area contributed by atoms with E-state index in [9.17, 15) is 0 Å². The van der Waals surface area contributed by atoms with Gasteiger partial charge in [-0.25, -0.2) is 0 Å². The second kappa shape index (κ2) is 2.46. The molecule has 0 spiro atoms. The van der Waals surface area contributed by atoms with Gasteiger partial charge in [-0.2, -0.15) is 0 Å². The first-order valence-electron chi connectivity index (χ1n) is 3.25. The SMILES string of the molecule is CC([NH])[C@H]1CCCN1. The molecule has 2 heteroatoms. The standard InChI is InChI=1S/C6H13N2/c1-5(7)6-3-2-4-8-6/h5-8H,2-4H2,1H3/t5?,6-/m1/s1. The molecule has 0 aromatic rings. The van der Waals surface area contributed by atoms with Crippen molar-refractivity contribution in [2.24, 2.45) is 0 Å². The molecule has 0 aromatic carbocycles.